The van der Waals surface area contributed by atoms with E-state index in [9.17, 15) is 4.79 Å². The number of fused-ring (bicyclic) bond motifs is 1. The van der Waals surface area contributed by atoms with E-state index < -0.39 is 0 Å². The van der Waals surface area contributed by atoms with Crippen molar-refractivity contribution >= 4 is 17.6 Å². The largest absolute Gasteiger partial charge is 0.496 e. The molecule has 2 aliphatic rings. The van der Waals surface area contributed by atoms with Crippen LogP contribution in [0.1, 0.15) is 40.7 Å². The topological polar surface area (TPSA) is 38.8 Å². The molecule has 0 radical (unpaired) electrons. The number of likely N-dealkylation sites (tertiary alicyclic amines) is 1. The van der Waals surface area contributed by atoms with Crippen LogP contribution in [0.2, 0.25) is 5.02 Å². The smallest absolute Gasteiger partial charge is 0.343 e. The average molecular weight is 412 g/mol. The lowest BCUT2D eigenvalue weighted by atomic mass is 9.68. The number of nitrogens with zero attached hydrogens (tertiary/aromatic N) is 1. The molecule has 1 heterocycles. The quantitative estimate of drug-likeness (QED) is 0.653. The molecule has 0 N–H and O–H groups in total. The van der Waals surface area contributed by atoms with Crippen molar-refractivity contribution in [2.24, 2.45) is 0 Å². The molecule has 0 saturated carbocycles. The van der Waals surface area contributed by atoms with E-state index in [1.807, 2.05) is 0 Å². The third kappa shape index (κ3) is 3.67. The number of likely N-dealkylation sites (N-methyl/N-ethyl adjacent to an activating group) is 1. The lowest BCUT2D eigenvalue weighted by Crippen LogP contribution is -2.43. The standard InChI is InChI=1S/C24H26ClNO3/c1-16-14-18(6-9-21(16)28-3)24-11-10-20(15-22(24)26(2)13-12-24)29-23(27)17-4-7-19(25)8-5-17/h4-10,14,22H,11-13,15H2,1-3H3. The molecule has 1 fully saturated rings. The number of benzene rings is 2. The number of allylic oxidation sites excluding steroid dienone is 1. The third-order valence-corrected chi connectivity index (χ3v) is 6.69. The Kier molecular flexibility index (Phi) is 5.41. The first kappa shape index (κ1) is 20.0. The van der Waals surface area contributed by atoms with Gasteiger partial charge in [-0.05, 0) is 80.9 Å². The lowest BCUT2D eigenvalue weighted by molar-refractivity contribution is 0.0579. The van der Waals surface area contributed by atoms with Crippen LogP contribution >= 0.6 is 11.6 Å². The maximum atomic E-state index is 12.5. The summed E-state index contributed by atoms with van der Waals surface area (Å²) in [6.07, 6.45) is 4.77. The maximum Gasteiger partial charge on any atom is 0.343 e. The van der Waals surface area contributed by atoms with Crippen LogP contribution in [0.3, 0.4) is 0 Å². The SMILES string of the molecule is COc1ccc(C23CC=C(OC(=O)c4ccc(Cl)cc4)CC2N(C)CC3)cc1C. The molecule has 0 amide bonds. The van der Waals surface area contributed by atoms with Crippen molar-refractivity contribution in [3.05, 3.63) is 76.0 Å². The van der Waals surface area contributed by atoms with Gasteiger partial charge in [0.25, 0.3) is 0 Å². The first-order valence-electron chi connectivity index (χ1n) is 9.95. The van der Waals surface area contributed by atoms with Crippen molar-refractivity contribution in [3.63, 3.8) is 0 Å². The summed E-state index contributed by atoms with van der Waals surface area (Å²) in [5.41, 5.74) is 3.04. The monoisotopic (exact) mass is 411 g/mol. The van der Waals surface area contributed by atoms with Crippen molar-refractivity contribution in [3.8, 4) is 5.75 Å². The van der Waals surface area contributed by atoms with Gasteiger partial charge in [-0.1, -0.05) is 23.7 Å². The molecule has 0 aromatic heterocycles. The average Bonchev–Trinajstić information content (AvgIpc) is 3.06. The van der Waals surface area contributed by atoms with E-state index in [2.05, 4.69) is 43.1 Å². The van der Waals surface area contributed by atoms with E-state index in [1.54, 1.807) is 31.4 Å². The summed E-state index contributed by atoms with van der Waals surface area (Å²) < 4.78 is 11.2. The summed E-state index contributed by atoms with van der Waals surface area (Å²) in [7, 11) is 3.86. The highest BCUT2D eigenvalue weighted by Crippen LogP contribution is 2.48. The van der Waals surface area contributed by atoms with Gasteiger partial charge >= 0.3 is 5.97 Å². The highest BCUT2D eigenvalue weighted by atomic mass is 35.5. The Labute approximate surface area is 177 Å². The number of carbonyl (C=O) groups excluding carboxylic acids is 1. The summed E-state index contributed by atoms with van der Waals surface area (Å²) in [6, 6.07) is 13.6. The highest BCUT2D eigenvalue weighted by Gasteiger charge is 2.49. The van der Waals surface area contributed by atoms with Crippen LogP contribution in [0.25, 0.3) is 0 Å². The zero-order valence-corrected chi connectivity index (χ0v) is 17.8. The van der Waals surface area contributed by atoms with E-state index in [-0.39, 0.29) is 11.4 Å². The first-order chi connectivity index (χ1) is 13.9. The molecule has 2 atom stereocenters. The van der Waals surface area contributed by atoms with Crippen molar-refractivity contribution in [1.82, 2.24) is 4.90 Å². The van der Waals surface area contributed by atoms with Crippen LogP contribution in [0.5, 0.6) is 5.75 Å². The van der Waals surface area contributed by atoms with Gasteiger partial charge in [-0.3, -0.25) is 0 Å². The van der Waals surface area contributed by atoms with E-state index in [0.29, 0.717) is 16.6 Å². The molecule has 4 rings (SSSR count). The van der Waals surface area contributed by atoms with Gasteiger partial charge in [-0.15, -0.1) is 0 Å². The van der Waals surface area contributed by atoms with Crippen molar-refractivity contribution in [2.45, 2.75) is 37.6 Å². The van der Waals surface area contributed by atoms with Gasteiger partial charge in [0.1, 0.15) is 11.5 Å². The second-order valence-electron chi connectivity index (χ2n) is 8.06. The molecular weight excluding hydrogens is 386 g/mol. The van der Waals surface area contributed by atoms with Gasteiger partial charge in [-0.2, -0.15) is 0 Å². The fraction of sp³-hybridized carbons (Fsp3) is 0.375. The summed E-state index contributed by atoms with van der Waals surface area (Å²) in [5, 5.41) is 0.602. The van der Waals surface area contributed by atoms with Gasteiger partial charge in [0.2, 0.25) is 0 Å². The van der Waals surface area contributed by atoms with E-state index >= 15 is 0 Å². The Hall–Kier alpha value is -2.30. The Morgan fingerprint density at radius 1 is 1.21 bits per heavy atom. The van der Waals surface area contributed by atoms with Crippen molar-refractivity contribution in [1.29, 1.82) is 0 Å². The Morgan fingerprint density at radius 2 is 1.97 bits per heavy atom. The zero-order valence-electron chi connectivity index (χ0n) is 17.1. The van der Waals surface area contributed by atoms with E-state index in [0.717, 1.165) is 42.9 Å². The number of rotatable bonds is 4. The molecular formula is C24H26ClNO3. The van der Waals surface area contributed by atoms with Gasteiger partial charge in [0, 0.05) is 22.9 Å². The number of hydrogen-bond donors (Lipinski definition) is 0. The molecule has 2 aromatic rings. The Bertz CT molecular complexity index is 953. The molecule has 1 aliphatic carbocycles. The van der Waals surface area contributed by atoms with Crippen LogP contribution in [0, 0.1) is 6.92 Å². The zero-order chi connectivity index (χ0) is 20.6. The van der Waals surface area contributed by atoms with Crippen molar-refractivity contribution < 1.29 is 14.3 Å². The third-order valence-electron chi connectivity index (χ3n) is 6.44. The number of aryl methyl sites for hydroxylation is 1. The predicted octanol–water partition coefficient (Wildman–Crippen LogP) is 5.13. The van der Waals surface area contributed by atoms with Crippen LogP contribution in [-0.2, 0) is 10.2 Å². The van der Waals surface area contributed by atoms with E-state index in [1.165, 1.54) is 5.56 Å². The molecule has 2 aromatic carbocycles. The van der Waals surface area contributed by atoms with Crippen LogP contribution < -0.4 is 4.74 Å². The fourth-order valence-corrected chi connectivity index (χ4v) is 4.90. The summed E-state index contributed by atoms with van der Waals surface area (Å²) >= 11 is 5.91. The number of ether oxygens (including phenoxy) is 2. The predicted molar refractivity (Wildman–Crippen MR) is 115 cm³/mol. The molecule has 1 aliphatic heterocycles. The summed E-state index contributed by atoms with van der Waals surface area (Å²) in [4.78, 5) is 14.9. The number of methoxy groups -OCH3 is 1. The minimum absolute atomic E-state index is 0.0436. The lowest BCUT2D eigenvalue weighted by Gasteiger charge is -2.40. The molecule has 4 nitrogen and oxygen atoms in total. The summed E-state index contributed by atoms with van der Waals surface area (Å²) in [5.74, 6) is 1.34. The molecule has 2 unspecified atom stereocenters. The van der Waals surface area contributed by atoms with Gasteiger partial charge < -0.3 is 14.4 Å². The van der Waals surface area contributed by atoms with Crippen molar-refractivity contribution in [2.75, 3.05) is 20.7 Å². The first-order valence-corrected chi connectivity index (χ1v) is 10.3. The van der Waals surface area contributed by atoms with Gasteiger partial charge in [0.05, 0.1) is 12.7 Å². The molecule has 5 heteroatoms. The minimum Gasteiger partial charge on any atom is -0.496 e. The number of hydrogen-bond acceptors (Lipinski definition) is 4. The van der Waals surface area contributed by atoms with Gasteiger partial charge in [-0.25, -0.2) is 4.79 Å². The fourth-order valence-electron chi connectivity index (χ4n) is 4.77. The second-order valence-corrected chi connectivity index (χ2v) is 8.50. The number of carbonyl (C=O) groups is 1. The minimum atomic E-state index is -0.332. The maximum absolute atomic E-state index is 12.5. The number of esters is 1. The normalized spacial score (nSPS) is 24.0. The molecule has 152 valence electrons. The van der Waals surface area contributed by atoms with Crippen LogP contribution in [-0.4, -0.2) is 37.6 Å². The van der Waals surface area contributed by atoms with Crippen LogP contribution in [0.15, 0.2) is 54.3 Å². The number of halogens is 1. The van der Waals surface area contributed by atoms with Crippen LogP contribution in [0.4, 0.5) is 0 Å². The Balaban J connectivity index is 1.58. The molecule has 29 heavy (non-hydrogen) atoms. The highest BCUT2D eigenvalue weighted by molar-refractivity contribution is 6.30. The van der Waals surface area contributed by atoms with E-state index in [4.69, 9.17) is 21.1 Å². The molecule has 0 bridgehead atoms. The molecule has 1 saturated heterocycles. The Morgan fingerprint density at radius 3 is 2.66 bits per heavy atom. The summed E-state index contributed by atoms with van der Waals surface area (Å²) in [6.45, 7) is 3.12. The van der Waals surface area contributed by atoms with Gasteiger partial charge in [0.15, 0.2) is 0 Å². The molecule has 0 spiro atoms. The second kappa shape index (κ2) is 7.85.